The molecule has 1 heterocycles. The second kappa shape index (κ2) is 8.58. The Hall–Kier alpha value is -1.46. The average Bonchev–Trinajstić information content (AvgIpc) is 2.59. The van der Waals surface area contributed by atoms with Crippen LogP contribution in [0.1, 0.15) is 25.8 Å². The fraction of sp³-hybridized carbons (Fsp3) is 0.588. The summed E-state index contributed by atoms with van der Waals surface area (Å²) in [4.78, 5) is 2.32. The Morgan fingerprint density at radius 3 is 2.58 bits per heavy atom. The molecule has 1 saturated heterocycles. The molecule has 0 bridgehead atoms. The lowest BCUT2D eigenvalue weighted by atomic mass is 10.0. The van der Waals surface area contributed by atoms with Gasteiger partial charge in [-0.3, -0.25) is 4.90 Å². The summed E-state index contributed by atoms with van der Waals surface area (Å²) >= 11 is 0. The van der Waals surface area contributed by atoms with Gasteiger partial charge in [0.2, 0.25) is 10.0 Å². The van der Waals surface area contributed by atoms with Gasteiger partial charge < -0.3 is 4.74 Å². The molecule has 0 aromatic heterocycles. The van der Waals surface area contributed by atoms with Crippen LogP contribution in [0.25, 0.3) is 0 Å². The van der Waals surface area contributed by atoms with E-state index in [-0.39, 0.29) is 16.5 Å². The molecule has 0 amide bonds. The monoisotopic (exact) mass is 351 g/mol. The maximum absolute atomic E-state index is 12.6. The molecule has 1 fully saturated rings. The molecule has 0 saturated carbocycles. The lowest BCUT2D eigenvalue weighted by Gasteiger charge is -2.35. The van der Waals surface area contributed by atoms with Crippen LogP contribution < -0.4 is 4.72 Å². The first-order valence-electron chi connectivity index (χ1n) is 8.24. The first-order chi connectivity index (χ1) is 11.4. The minimum Gasteiger partial charge on any atom is -0.379 e. The molecule has 0 spiro atoms. The summed E-state index contributed by atoms with van der Waals surface area (Å²) in [5.74, 6) is 0.466. The van der Waals surface area contributed by atoms with E-state index < -0.39 is 10.0 Å². The second-order valence-corrected chi connectivity index (χ2v) is 8.13. The van der Waals surface area contributed by atoms with E-state index in [1.165, 1.54) is 12.1 Å². The molecule has 2 rings (SSSR count). The second-order valence-electron chi connectivity index (χ2n) is 6.39. The summed E-state index contributed by atoms with van der Waals surface area (Å²) in [6.45, 7) is 7.58. The molecule has 1 N–H and O–H groups in total. The molecule has 6 nitrogen and oxygen atoms in total. The van der Waals surface area contributed by atoms with Crippen LogP contribution in [0, 0.1) is 17.2 Å². The van der Waals surface area contributed by atoms with Crippen LogP contribution in [0.4, 0.5) is 0 Å². The number of hydrogen-bond acceptors (Lipinski definition) is 5. The van der Waals surface area contributed by atoms with Gasteiger partial charge in [-0.15, -0.1) is 0 Å². The minimum absolute atomic E-state index is 0.0396. The van der Waals surface area contributed by atoms with E-state index in [0.717, 1.165) is 19.5 Å². The van der Waals surface area contributed by atoms with Crippen LogP contribution in [0.2, 0.25) is 0 Å². The minimum atomic E-state index is -3.70. The van der Waals surface area contributed by atoms with E-state index in [4.69, 9.17) is 10.00 Å². The molecular weight excluding hydrogens is 326 g/mol. The Morgan fingerprint density at radius 1 is 1.29 bits per heavy atom. The number of ether oxygens (including phenoxy) is 1. The summed E-state index contributed by atoms with van der Waals surface area (Å²) in [6.07, 6.45) is 0.905. The van der Waals surface area contributed by atoms with E-state index in [1.54, 1.807) is 12.1 Å². The van der Waals surface area contributed by atoms with Gasteiger partial charge in [0.1, 0.15) is 6.07 Å². The highest BCUT2D eigenvalue weighted by molar-refractivity contribution is 7.89. The third kappa shape index (κ3) is 5.02. The van der Waals surface area contributed by atoms with Crippen molar-refractivity contribution in [1.29, 1.82) is 5.26 Å². The Bertz CT molecular complexity index is 677. The largest absolute Gasteiger partial charge is 0.379 e. The highest BCUT2D eigenvalue weighted by Gasteiger charge is 2.25. The number of nitriles is 1. The summed E-state index contributed by atoms with van der Waals surface area (Å²) in [7, 11) is -3.70. The molecule has 1 unspecified atom stereocenters. The van der Waals surface area contributed by atoms with Crippen molar-refractivity contribution < 1.29 is 13.2 Å². The molecule has 1 aromatic rings. The number of morpholine rings is 1. The van der Waals surface area contributed by atoms with Gasteiger partial charge in [-0.2, -0.15) is 5.26 Å². The van der Waals surface area contributed by atoms with E-state index in [9.17, 15) is 8.42 Å². The zero-order valence-corrected chi connectivity index (χ0v) is 15.1. The summed E-state index contributed by atoms with van der Waals surface area (Å²) < 4.78 is 33.2. The molecule has 7 heteroatoms. The molecule has 1 aliphatic rings. The maximum Gasteiger partial charge on any atom is 0.241 e. The fourth-order valence-electron chi connectivity index (χ4n) is 2.93. The standard InChI is InChI=1S/C17H25N3O3S/c1-14(2)11-16(20-7-9-23-10-8-20)13-19-24(21,22)17-6-4-3-5-15(17)12-18/h3-6,14,16,19H,7-11,13H2,1-2H3. The van der Waals surface area contributed by atoms with Crippen LogP contribution in [-0.2, 0) is 14.8 Å². The van der Waals surface area contributed by atoms with Gasteiger partial charge in [-0.05, 0) is 24.5 Å². The zero-order valence-electron chi connectivity index (χ0n) is 14.2. The quantitative estimate of drug-likeness (QED) is 0.806. The van der Waals surface area contributed by atoms with Crippen molar-refractivity contribution in [3.63, 3.8) is 0 Å². The lowest BCUT2D eigenvalue weighted by molar-refractivity contribution is 0.0134. The SMILES string of the molecule is CC(C)CC(CNS(=O)(=O)c1ccccc1C#N)N1CCOCC1. The number of nitrogens with zero attached hydrogens (tertiary/aromatic N) is 2. The molecule has 0 radical (unpaired) electrons. The highest BCUT2D eigenvalue weighted by atomic mass is 32.2. The van der Waals surface area contributed by atoms with Crippen LogP contribution in [-0.4, -0.2) is 52.2 Å². The van der Waals surface area contributed by atoms with Gasteiger partial charge in [0.05, 0.1) is 23.7 Å². The molecule has 132 valence electrons. The summed E-state index contributed by atoms with van der Waals surface area (Å²) in [6, 6.07) is 8.33. The van der Waals surface area contributed by atoms with Crippen LogP contribution in [0.5, 0.6) is 0 Å². The molecule has 0 aliphatic carbocycles. The molecule has 1 aromatic carbocycles. The summed E-state index contributed by atoms with van der Waals surface area (Å²) in [5, 5.41) is 9.12. The topological polar surface area (TPSA) is 82.4 Å². The number of rotatable bonds is 7. The number of benzene rings is 1. The molecule has 1 aliphatic heterocycles. The van der Waals surface area contributed by atoms with Crippen molar-refractivity contribution >= 4 is 10.0 Å². The van der Waals surface area contributed by atoms with Crippen molar-refractivity contribution in [3.8, 4) is 6.07 Å². The molecule has 24 heavy (non-hydrogen) atoms. The zero-order chi connectivity index (χ0) is 17.6. The predicted molar refractivity (Wildman–Crippen MR) is 92.0 cm³/mol. The van der Waals surface area contributed by atoms with Crippen LogP contribution >= 0.6 is 0 Å². The van der Waals surface area contributed by atoms with E-state index in [2.05, 4.69) is 23.5 Å². The van der Waals surface area contributed by atoms with Crippen molar-refractivity contribution in [2.45, 2.75) is 31.2 Å². The van der Waals surface area contributed by atoms with Crippen LogP contribution in [0.15, 0.2) is 29.2 Å². The van der Waals surface area contributed by atoms with Crippen molar-refractivity contribution in [3.05, 3.63) is 29.8 Å². The first-order valence-corrected chi connectivity index (χ1v) is 9.73. The molecular formula is C17H25N3O3S. The van der Waals surface area contributed by atoms with Crippen molar-refractivity contribution in [2.24, 2.45) is 5.92 Å². The van der Waals surface area contributed by atoms with E-state index in [1.807, 2.05) is 6.07 Å². The van der Waals surface area contributed by atoms with Gasteiger partial charge >= 0.3 is 0 Å². The smallest absolute Gasteiger partial charge is 0.241 e. The average molecular weight is 351 g/mol. The first kappa shape index (κ1) is 18.9. The predicted octanol–water partition coefficient (Wildman–Crippen LogP) is 1.58. The Labute approximate surface area is 144 Å². The van der Waals surface area contributed by atoms with E-state index >= 15 is 0 Å². The highest BCUT2D eigenvalue weighted by Crippen LogP contribution is 2.17. The molecule has 1 atom stereocenters. The Balaban J connectivity index is 2.10. The number of hydrogen-bond donors (Lipinski definition) is 1. The Kier molecular flexibility index (Phi) is 6.75. The fourth-order valence-corrected chi connectivity index (χ4v) is 4.15. The van der Waals surface area contributed by atoms with Gasteiger partial charge in [-0.1, -0.05) is 26.0 Å². The van der Waals surface area contributed by atoms with Gasteiger partial charge in [0, 0.05) is 25.7 Å². The normalized spacial score (nSPS) is 17.6. The number of nitrogens with one attached hydrogen (secondary N) is 1. The van der Waals surface area contributed by atoms with Crippen molar-refractivity contribution in [2.75, 3.05) is 32.8 Å². The van der Waals surface area contributed by atoms with Gasteiger partial charge in [0.15, 0.2) is 0 Å². The van der Waals surface area contributed by atoms with Gasteiger partial charge in [0.25, 0.3) is 0 Å². The van der Waals surface area contributed by atoms with E-state index in [0.29, 0.717) is 25.7 Å². The maximum atomic E-state index is 12.6. The van der Waals surface area contributed by atoms with Crippen LogP contribution in [0.3, 0.4) is 0 Å². The Morgan fingerprint density at radius 2 is 1.96 bits per heavy atom. The lowest BCUT2D eigenvalue weighted by Crippen LogP contribution is -2.49. The third-order valence-electron chi connectivity index (χ3n) is 4.11. The third-order valence-corrected chi connectivity index (χ3v) is 5.59. The van der Waals surface area contributed by atoms with Crippen molar-refractivity contribution in [1.82, 2.24) is 9.62 Å². The van der Waals surface area contributed by atoms with Gasteiger partial charge in [-0.25, -0.2) is 13.1 Å². The summed E-state index contributed by atoms with van der Waals surface area (Å²) in [5.41, 5.74) is 0.164. The number of sulfonamides is 1.